The highest BCUT2D eigenvalue weighted by Gasteiger charge is 2.06. The number of ether oxygens (including phenoxy) is 1. The Kier molecular flexibility index (Phi) is 5.93. The van der Waals surface area contributed by atoms with Gasteiger partial charge in [0, 0.05) is 30.2 Å². The number of carbonyl (C=O) groups is 1. The predicted octanol–water partition coefficient (Wildman–Crippen LogP) is 3.34. The summed E-state index contributed by atoms with van der Waals surface area (Å²) in [6, 6.07) is 15.1. The zero-order valence-electron chi connectivity index (χ0n) is 14.7. The van der Waals surface area contributed by atoms with Gasteiger partial charge in [0.2, 0.25) is 0 Å². The second kappa shape index (κ2) is 8.76. The number of nitrogens with zero attached hydrogens (tertiary/aromatic N) is 2. The Labute approximate surface area is 153 Å². The molecule has 5 heteroatoms. The highest BCUT2D eigenvalue weighted by atomic mass is 16.5. The highest BCUT2D eigenvalue weighted by molar-refractivity contribution is 5.94. The first kappa shape index (κ1) is 17.6. The highest BCUT2D eigenvalue weighted by Crippen LogP contribution is 2.13. The largest absolute Gasteiger partial charge is 0.487 e. The fourth-order valence-corrected chi connectivity index (χ4v) is 2.48. The molecule has 26 heavy (non-hydrogen) atoms. The van der Waals surface area contributed by atoms with E-state index in [1.54, 1.807) is 18.5 Å². The second-order valence-electron chi connectivity index (χ2n) is 5.99. The normalized spacial score (nSPS) is 10.3. The van der Waals surface area contributed by atoms with Crippen LogP contribution in [0.15, 0.2) is 67.1 Å². The van der Waals surface area contributed by atoms with Gasteiger partial charge in [0.1, 0.15) is 12.4 Å². The molecule has 0 unspecified atom stereocenters. The lowest BCUT2D eigenvalue weighted by Crippen LogP contribution is -2.25. The van der Waals surface area contributed by atoms with E-state index in [1.165, 1.54) is 0 Å². The Balaban J connectivity index is 1.52. The molecule has 3 aromatic rings. The molecule has 1 N–H and O–H groups in total. The maximum Gasteiger partial charge on any atom is 0.251 e. The van der Waals surface area contributed by atoms with Gasteiger partial charge in [0.25, 0.3) is 5.91 Å². The standard InChI is InChI=1S/C21H21N3O2/c1-16-7-8-20(14-24-16)26-15-18-4-2-6-19(12-18)21(25)23-11-9-17-5-3-10-22-13-17/h2-8,10,12-14H,9,11,15H2,1H3,(H,23,25). The number of aromatic nitrogens is 2. The lowest BCUT2D eigenvalue weighted by Gasteiger charge is -2.09. The maximum absolute atomic E-state index is 12.3. The molecule has 2 aromatic heterocycles. The van der Waals surface area contributed by atoms with Crippen LogP contribution in [0.2, 0.25) is 0 Å². The molecule has 0 saturated carbocycles. The summed E-state index contributed by atoms with van der Waals surface area (Å²) < 4.78 is 5.72. The lowest BCUT2D eigenvalue weighted by molar-refractivity contribution is 0.0954. The van der Waals surface area contributed by atoms with E-state index in [9.17, 15) is 4.79 Å². The van der Waals surface area contributed by atoms with Crippen molar-refractivity contribution in [3.63, 3.8) is 0 Å². The number of pyridine rings is 2. The Bertz CT molecular complexity index is 849. The van der Waals surface area contributed by atoms with Crippen LogP contribution in [0.5, 0.6) is 5.75 Å². The average Bonchev–Trinajstić information content (AvgIpc) is 2.68. The van der Waals surface area contributed by atoms with E-state index in [0.29, 0.717) is 24.5 Å². The molecule has 0 radical (unpaired) electrons. The molecule has 1 aromatic carbocycles. The van der Waals surface area contributed by atoms with Gasteiger partial charge in [-0.15, -0.1) is 0 Å². The fraction of sp³-hybridized carbons (Fsp3) is 0.190. The average molecular weight is 347 g/mol. The van der Waals surface area contributed by atoms with Crippen LogP contribution in [-0.4, -0.2) is 22.4 Å². The molecule has 0 bridgehead atoms. The first-order chi connectivity index (χ1) is 12.7. The number of hydrogen-bond acceptors (Lipinski definition) is 4. The zero-order valence-corrected chi connectivity index (χ0v) is 14.7. The summed E-state index contributed by atoms with van der Waals surface area (Å²) in [6.45, 7) is 2.89. The van der Waals surface area contributed by atoms with Crippen molar-refractivity contribution in [2.75, 3.05) is 6.54 Å². The van der Waals surface area contributed by atoms with Gasteiger partial charge in [-0.3, -0.25) is 14.8 Å². The van der Waals surface area contributed by atoms with E-state index < -0.39 is 0 Å². The van der Waals surface area contributed by atoms with Crippen LogP contribution in [0.1, 0.15) is 27.2 Å². The first-order valence-corrected chi connectivity index (χ1v) is 8.52. The van der Waals surface area contributed by atoms with Crippen molar-refractivity contribution < 1.29 is 9.53 Å². The van der Waals surface area contributed by atoms with Crippen molar-refractivity contribution in [3.8, 4) is 5.75 Å². The maximum atomic E-state index is 12.3. The number of hydrogen-bond donors (Lipinski definition) is 1. The molecule has 0 aliphatic rings. The monoisotopic (exact) mass is 347 g/mol. The summed E-state index contributed by atoms with van der Waals surface area (Å²) in [6.07, 6.45) is 6.00. The number of amides is 1. The minimum atomic E-state index is -0.0901. The minimum absolute atomic E-state index is 0.0901. The Hall–Kier alpha value is -3.21. The van der Waals surface area contributed by atoms with Gasteiger partial charge in [-0.2, -0.15) is 0 Å². The van der Waals surface area contributed by atoms with Crippen LogP contribution in [0.3, 0.4) is 0 Å². The van der Waals surface area contributed by atoms with Crippen LogP contribution < -0.4 is 10.1 Å². The van der Waals surface area contributed by atoms with Gasteiger partial charge in [-0.05, 0) is 54.8 Å². The Morgan fingerprint density at radius 1 is 1.08 bits per heavy atom. The van der Waals surface area contributed by atoms with Crippen LogP contribution in [0.4, 0.5) is 0 Å². The predicted molar refractivity (Wildman–Crippen MR) is 100 cm³/mol. The molecule has 0 atom stereocenters. The summed E-state index contributed by atoms with van der Waals surface area (Å²) in [5, 5.41) is 2.94. The van der Waals surface area contributed by atoms with Crippen LogP contribution in [-0.2, 0) is 13.0 Å². The molecule has 0 saturated heterocycles. The lowest BCUT2D eigenvalue weighted by atomic mass is 10.1. The van der Waals surface area contributed by atoms with Gasteiger partial charge < -0.3 is 10.1 Å². The molecule has 0 aliphatic carbocycles. The molecule has 0 aliphatic heterocycles. The third-order valence-corrected chi connectivity index (χ3v) is 3.90. The molecule has 0 spiro atoms. The summed E-state index contributed by atoms with van der Waals surface area (Å²) in [7, 11) is 0. The summed E-state index contributed by atoms with van der Waals surface area (Å²) in [5.74, 6) is 0.620. The molecule has 2 heterocycles. The van der Waals surface area contributed by atoms with Gasteiger partial charge in [0.15, 0.2) is 0 Å². The summed E-state index contributed by atoms with van der Waals surface area (Å²) in [4.78, 5) is 20.6. The fourth-order valence-electron chi connectivity index (χ4n) is 2.48. The van der Waals surface area contributed by atoms with Crippen molar-refractivity contribution in [1.82, 2.24) is 15.3 Å². The van der Waals surface area contributed by atoms with Gasteiger partial charge in [0.05, 0.1) is 6.20 Å². The molecule has 5 nitrogen and oxygen atoms in total. The quantitative estimate of drug-likeness (QED) is 0.712. The molecular formula is C21H21N3O2. The first-order valence-electron chi connectivity index (χ1n) is 8.52. The van der Waals surface area contributed by atoms with Crippen molar-refractivity contribution in [2.45, 2.75) is 20.0 Å². The molecule has 0 fully saturated rings. The van der Waals surface area contributed by atoms with E-state index in [0.717, 1.165) is 23.2 Å². The van der Waals surface area contributed by atoms with Crippen LogP contribution in [0, 0.1) is 6.92 Å². The SMILES string of the molecule is Cc1ccc(OCc2cccc(C(=O)NCCc3cccnc3)c2)cn1. The van der Waals surface area contributed by atoms with Crippen LogP contribution >= 0.6 is 0 Å². The van der Waals surface area contributed by atoms with E-state index in [-0.39, 0.29) is 5.91 Å². The van der Waals surface area contributed by atoms with E-state index in [4.69, 9.17) is 4.74 Å². The van der Waals surface area contributed by atoms with E-state index in [2.05, 4.69) is 15.3 Å². The third-order valence-electron chi connectivity index (χ3n) is 3.90. The molecule has 3 rings (SSSR count). The Morgan fingerprint density at radius 3 is 2.73 bits per heavy atom. The van der Waals surface area contributed by atoms with Gasteiger partial charge >= 0.3 is 0 Å². The van der Waals surface area contributed by atoms with Crippen LogP contribution in [0.25, 0.3) is 0 Å². The molecule has 1 amide bonds. The van der Waals surface area contributed by atoms with Gasteiger partial charge in [-0.25, -0.2) is 0 Å². The van der Waals surface area contributed by atoms with Crippen molar-refractivity contribution in [2.24, 2.45) is 0 Å². The second-order valence-corrected chi connectivity index (χ2v) is 5.99. The number of rotatable bonds is 7. The molecule has 132 valence electrons. The van der Waals surface area contributed by atoms with Gasteiger partial charge in [-0.1, -0.05) is 18.2 Å². The van der Waals surface area contributed by atoms with E-state index >= 15 is 0 Å². The third kappa shape index (κ3) is 5.14. The zero-order chi connectivity index (χ0) is 18.2. The molecular weight excluding hydrogens is 326 g/mol. The minimum Gasteiger partial charge on any atom is -0.487 e. The van der Waals surface area contributed by atoms with Crippen molar-refractivity contribution in [1.29, 1.82) is 0 Å². The number of nitrogens with one attached hydrogen (secondary N) is 1. The summed E-state index contributed by atoms with van der Waals surface area (Å²) in [5.41, 5.74) is 3.61. The van der Waals surface area contributed by atoms with Crippen molar-refractivity contribution >= 4 is 5.91 Å². The number of aryl methyl sites for hydroxylation is 1. The van der Waals surface area contributed by atoms with E-state index in [1.807, 2.05) is 55.6 Å². The number of carbonyl (C=O) groups excluding carboxylic acids is 1. The number of benzene rings is 1. The topological polar surface area (TPSA) is 64.1 Å². The van der Waals surface area contributed by atoms with Crippen molar-refractivity contribution in [3.05, 3.63) is 89.5 Å². The summed E-state index contributed by atoms with van der Waals surface area (Å²) >= 11 is 0. The smallest absolute Gasteiger partial charge is 0.251 e. The Morgan fingerprint density at radius 2 is 1.96 bits per heavy atom.